The maximum Gasteiger partial charge on any atom is 0.445 e. The van der Waals surface area contributed by atoms with E-state index in [-0.39, 0.29) is 11.2 Å². The Balaban J connectivity index is 2.11. The summed E-state index contributed by atoms with van der Waals surface area (Å²) in [4.78, 5) is 0. The molecule has 0 amide bonds. The molecule has 1 aromatic heterocycles. The van der Waals surface area contributed by atoms with Crippen LogP contribution in [0.3, 0.4) is 0 Å². The van der Waals surface area contributed by atoms with Crippen molar-refractivity contribution in [2.75, 3.05) is 5.32 Å². The molecule has 2 aromatic rings. The van der Waals surface area contributed by atoms with E-state index in [0.717, 1.165) is 10.0 Å². The second-order valence-electron chi connectivity index (χ2n) is 3.83. The van der Waals surface area contributed by atoms with Gasteiger partial charge in [-0.25, -0.2) is 0 Å². The van der Waals surface area contributed by atoms with Gasteiger partial charge in [0.2, 0.25) is 10.1 Å². The molecule has 0 spiro atoms. The summed E-state index contributed by atoms with van der Waals surface area (Å²) in [5.74, 6) is 0. The number of hydrogen-bond acceptors (Lipinski definition) is 4. The van der Waals surface area contributed by atoms with Crippen LogP contribution in [0.25, 0.3) is 0 Å². The quantitative estimate of drug-likeness (QED) is 0.884. The molecule has 8 heteroatoms. The molecule has 0 aliphatic rings. The lowest BCUT2D eigenvalue weighted by molar-refractivity contribution is -0.138. The lowest BCUT2D eigenvalue weighted by atomic mass is 10.1. The lowest BCUT2D eigenvalue weighted by Crippen LogP contribution is -2.06. The molecule has 0 radical (unpaired) electrons. The van der Waals surface area contributed by atoms with E-state index < -0.39 is 11.2 Å². The first-order valence-electron chi connectivity index (χ1n) is 5.29. The van der Waals surface area contributed by atoms with Gasteiger partial charge in [-0.05, 0) is 24.6 Å². The molecule has 2 rings (SSSR count). The predicted molar refractivity (Wildman–Crippen MR) is 71.1 cm³/mol. The van der Waals surface area contributed by atoms with Gasteiger partial charge in [-0.1, -0.05) is 39.4 Å². The Bertz CT molecular complexity index is 570. The smallest absolute Gasteiger partial charge is 0.354 e. The molecule has 0 saturated carbocycles. The van der Waals surface area contributed by atoms with Crippen molar-refractivity contribution in [3.05, 3.63) is 39.3 Å². The maximum atomic E-state index is 12.4. The maximum absolute atomic E-state index is 12.4. The van der Waals surface area contributed by atoms with Crippen LogP contribution in [-0.4, -0.2) is 10.2 Å². The average molecular weight is 352 g/mol. The zero-order valence-corrected chi connectivity index (χ0v) is 12.1. The molecular formula is C11H9BrF3N3S. The van der Waals surface area contributed by atoms with Crippen molar-refractivity contribution in [1.29, 1.82) is 0 Å². The number of halogens is 4. The third-order valence-corrected chi connectivity index (χ3v) is 3.75. The topological polar surface area (TPSA) is 37.8 Å². The second-order valence-corrected chi connectivity index (χ2v) is 5.72. The lowest BCUT2D eigenvalue weighted by Gasteiger charge is -2.12. The molecule has 1 unspecified atom stereocenters. The summed E-state index contributed by atoms with van der Waals surface area (Å²) in [6, 6.07) is 7.35. The molecule has 0 saturated heterocycles. The first-order chi connectivity index (χ1) is 8.86. The first kappa shape index (κ1) is 14.3. The van der Waals surface area contributed by atoms with E-state index in [1.807, 2.05) is 31.2 Å². The van der Waals surface area contributed by atoms with Crippen LogP contribution < -0.4 is 5.32 Å². The summed E-state index contributed by atoms with van der Waals surface area (Å²) in [6.45, 7) is 1.84. The number of alkyl halides is 3. The van der Waals surface area contributed by atoms with Gasteiger partial charge in [0.25, 0.3) is 0 Å². The summed E-state index contributed by atoms with van der Waals surface area (Å²) >= 11 is 3.84. The third-order valence-electron chi connectivity index (χ3n) is 2.36. The van der Waals surface area contributed by atoms with Crippen LogP contribution in [0.1, 0.15) is 23.5 Å². The van der Waals surface area contributed by atoms with Crippen molar-refractivity contribution < 1.29 is 13.2 Å². The summed E-state index contributed by atoms with van der Waals surface area (Å²) in [5, 5.41) is 8.73. The van der Waals surface area contributed by atoms with Gasteiger partial charge in [-0.15, -0.1) is 10.2 Å². The minimum Gasteiger partial charge on any atom is -0.354 e. The van der Waals surface area contributed by atoms with Gasteiger partial charge in [-0.2, -0.15) is 13.2 Å². The highest BCUT2D eigenvalue weighted by Gasteiger charge is 2.35. The monoisotopic (exact) mass is 351 g/mol. The number of hydrogen-bond donors (Lipinski definition) is 1. The van der Waals surface area contributed by atoms with Crippen LogP contribution in [0.5, 0.6) is 0 Å². The molecule has 0 fully saturated rings. The fourth-order valence-corrected chi connectivity index (χ4v) is 2.56. The zero-order chi connectivity index (χ0) is 14.0. The number of nitrogens with one attached hydrogen (secondary N) is 1. The number of aromatic nitrogens is 2. The average Bonchev–Trinajstić information content (AvgIpc) is 2.77. The van der Waals surface area contributed by atoms with E-state index in [1.165, 1.54) is 0 Å². The minimum absolute atomic E-state index is 0.153. The van der Waals surface area contributed by atoms with Crippen LogP contribution in [-0.2, 0) is 6.18 Å². The molecule has 102 valence electrons. The van der Waals surface area contributed by atoms with Gasteiger partial charge in [0, 0.05) is 4.47 Å². The summed E-state index contributed by atoms with van der Waals surface area (Å²) in [7, 11) is 0. The van der Waals surface area contributed by atoms with E-state index in [4.69, 9.17) is 0 Å². The van der Waals surface area contributed by atoms with E-state index in [1.54, 1.807) is 0 Å². The Hall–Kier alpha value is -1.15. The highest BCUT2D eigenvalue weighted by molar-refractivity contribution is 9.10. The van der Waals surface area contributed by atoms with Crippen molar-refractivity contribution in [3.8, 4) is 0 Å². The Morgan fingerprint density at radius 3 is 2.63 bits per heavy atom. The van der Waals surface area contributed by atoms with Crippen molar-refractivity contribution in [3.63, 3.8) is 0 Å². The van der Waals surface area contributed by atoms with Crippen molar-refractivity contribution in [1.82, 2.24) is 10.2 Å². The van der Waals surface area contributed by atoms with Crippen LogP contribution in [0, 0.1) is 0 Å². The van der Waals surface area contributed by atoms with E-state index in [0.29, 0.717) is 11.3 Å². The molecule has 1 aromatic carbocycles. The SMILES string of the molecule is CC(Nc1nnc(C(F)(F)F)s1)c1cccc(Br)c1. The van der Waals surface area contributed by atoms with Gasteiger partial charge in [0.05, 0.1) is 6.04 Å². The molecule has 3 nitrogen and oxygen atoms in total. The Morgan fingerprint density at radius 2 is 2.05 bits per heavy atom. The Labute approximate surface area is 120 Å². The van der Waals surface area contributed by atoms with Crippen molar-refractivity contribution in [2.24, 2.45) is 0 Å². The number of anilines is 1. The Kier molecular flexibility index (Phi) is 4.10. The fraction of sp³-hybridized carbons (Fsp3) is 0.273. The van der Waals surface area contributed by atoms with Gasteiger partial charge in [0.15, 0.2) is 0 Å². The molecule has 1 atom stereocenters. The van der Waals surface area contributed by atoms with E-state index >= 15 is 0 Å². The number of benzene rings is 1. The van der Waals surface area contributed by atoms with Crippen LogP contribution in [0.2, 0.25) is 0 Å². The van der Waals surface area contributed by atoms with Gasteiger partial charge in [-0.3, -0.25) is 0 Å². The highest BCUT2D eigenvalue weighted by Crippen LogP contribution is 2.34. The second kappa shape index (κ2) is 5.46. The van der Waals surface area contributed by atoms with Crippen LogP contribution >= 0.6 is 27.3 Å². The molecular weight excluding hydrogens is 343 g/mol. The summed E-state index contributed by atoms with van der Waals surface area (Å²) < 4.78 is 38.1. The number of rotatable bonds is 3. The predicted octanol–water partition coefficient (Wildman–Crippen LogP) is 4.49. The van der Waals surface area contributed by atoms with Gasteiger partial charge < -0.3 is 5.32 Å². The minimum atomic E-state index is -4.45. The molecule has 0 bridgehead atoms. The van der Waals surface area contributed by atoms with Crippen LogP contribution in [0.4, 0.5) is 18.3 Å². The van der Waals surface area contributed by atoms with Crippen molar-refractivity contribution in [2.45, 2.75) is 19.1 Å². The number of nitrogens with zero attached hydrogens (tertiary/aromatic N) is 2. The highest BCUT2D eigenvalue weighted by atomic mass is 79.9. The van der Waals surface area contributed by atoms with E-state index in [2.05, 4.69) is 31.4 Å². The largest absolute Gasteiger partial charge is 0.445 e. The standard InChI is InChI=1S/C11H9BrF3N3S/c1-6(7-3-2-4-8(12)5-7)16-10-18-17-9(19-10)11(13,14)15/h2-6H,1H3,(H,16,18). The molecule has 19 heavy (non-hydrogen) atoms. The molecule has 1 N–H and O–H groups in total. The normalized spacial score (nSPS) is 13.3. The summed E-state index contributed by atoms with van der Waals surface area (Å²) in [6.07, 6.45) is -4.45. The fourth-order valence-electron chi connectivity index (χ4n) is 1.44. The third kappa shape index (κ3) is 3.66. The summed E-state index contributed by atoms with van der Waals surface area (Å²) in [5.41, 5.74) is 0.943. The molecule has 0 aliphatic carbocycles. The van der Waals surface area contributed by atoms with Gasteiger partial charge >= 0.3 is 6.18 Å². The van der Waals surface area contributed by atoms with Crippen molar-refractivity contribution >= 4 is 32.4 Å². The zero-order valence-electron chi connectivity index (χ0n) is 9.70. The Morgan fingerprint density at radius 1 is 1.32 bits per heavy atom. The first-order valence-corrected chi connectivity index (χ1v) is 6.90. The van der Waals surface area contributed by atoms with Crippen LogP contribution in [0.15, 0.2) is 28.7 Å². The molecule has 1 heterocycles. The van der Waals surface area contributed by atoms with E-state index in [9.17, 15) is 13.2 Å². The molecule has 0 aliphatic heterocycles. The van der Waals surface area contributed by atoms with Gasteiger partial charge in [0.1, 0.15) is 0 Å².